The highest BCUT2D eigenvalue weighted by Gasteiger charge is 2.31. The Balaban J connectivity index is 1.22. The Morgan fingerprint density at radius 2 is 1.82 bits per heavy atom. The minimum atomic E-state index is 0.0449. The number of fused-ring (bicyclic) bond motifs is 1. The Hall–Kier alpha value is -3.00. The highest BCUT2D eigenvalue weighted by molar-refractivity contribution is 7.99. The summed E-state index contributed by atoms with van der Waals surface area (Å²) in [5, 5.41) is 8.70. The van der Waals surface area contributed by atoms with E-state index in [0.717, 1.165) is 42.0 Å². The second-order valence-corrected chi connectivity index (χ2v) is 10.6. The van der Waals surface area contributed by atoms with Crippen molar-refractivity contribution in [2.24, 2.45) is 0 Å². The van der Waals surface area contributed by atoms with Crippen LogP contribution in [0.15, 0.2) is 52.1 Å². The second kappa shape index (κ2) is 9.33. The van der Waals surface area contributed by atoms with Crippen molar-refractivity contribution >= 4 is 17.7 Å². The van der Waals surface area contributed by atoms with Gasteiger partial charge >= 0.3 is 0 Å². The molecule has 8 heteroatoms. The van der Waals surface area contributed by atoms with Crippen molar-refractivity contribution < 1.29 is 18.7 Å². The topological polar surface area (TPSA) is 77.7 Å². The fourth-order valence-corrected chi connectivity index (χ4v) is 5.03. The van der Waals surface area contributed by atoms with Crippen LogP contribution >= 0.6 is 11.8 Å². The molecule has 1 unspecified atom stereocenters. The number of likely N-dealkylation sites (tertiary alicyclic amines) is 1. The zero-order valence-electron chi connectivity index (χ0n) is 19.7. The molecule has 0 bridgehead atoms. The number of aromatic nitrogens is 2. The van der Waals surface area contributed by atoms with Gasteiger partial charge < -0.3 is 18.8 Å². The Morgan fingerprint density at radius 3 is 2.59 bits per heavy atom. The molecule has 7 nitrogen and oxygen atoms in total. The van der Waals surface area contributed by atoms with E-state index >= 15 is 0 Å². The first-order valence-corrected chi connectivity index (χ1v) is 12.6. The van der Waals surface area contributed by atoms with Crippen LogP contribution in [0, 0.1) is 0 Å². The third-order valence-corrected chi connectivity index (χ3v) is 7.05. The van der Waals surface area contributed by atoms with Crippen molar-refractivity contribution in [2.45, 2.75) is 50.3 Å². The molecule has 1 fully saturated rings. The number of benzene rings is 2. The fourth-order valence-electron chi connectivity index (χ4n) is 4.38. The Labute approximate surface area is 203 Å². The molecule has 34 heavy (non-hydrogen) atoms. The van der Waals surface area contributed by atoms with E-state index in [2.05, 4.69) is 43.1 Å². The molecule has 0 spiro atoms. The van der Waals surface area contributed by atoms with Gasteiger partial charge in [-0.1, -0.05) is 50.7 Å². The quantitative estimate of drug-likeness (QED) is 0.462. The van der Waals surface area contributed by atoms with Crippen molar-refractivity contribution in [3.8, 4) is 23.0 Å². The van der Waals surface area contributed by atoms with E-state index in [4.69, 9.17) is 13.9 Å². The van der Waals surface area contributed by atoms with Gasteiger partial charge in [-0.05, 0) is 53.6 Å². The van der Waals surface area contributed by atoms with Crippen LogP contribution < -0.4 is 9.47 Å². The van der Waals surface area contributed by atoms with Gasteiger partial charge in [0.05, 0.1) is 11.8 Å². The number of carbonyl (C=O) groups excluding carboxylic acids is 1. The fraction of sp³-hybridized carbons (Fsp3) is 0.423. The van der Waals surface area contributed by atoms with Crippen molar-refractivity contribution in [2.75, 3.05) is 25.5 Å². The Kier molecular flexibility index (Phi) is 6.25. The van der Waals surface area contributed by atoms with Crippen LogP contribution in [0.2, 0.25) is 0 Å². The summed E-state index contributed by atoms with van der Waals surface area (Å²) >= 11 is 1.28. The maximum absolute atomic E-state index is 13.1. The number of carbonyl (C=O) groups is 1. The van der Waals surface area contributed by atoms with E-state index < -0.39 is 0 Å². The minimum absolute atomic E-state index is 0.0449. The lowest BCUT2D eigenvalue weighted by molar-refractivity contribution is -0.129. The van der Waals surface area contributed by atoms with Gasteiger partial charge in [-0.15, -0.1) is 10.2 Å². The molecule has 1 atom stereocenters. The zero-order valence-corrected chi connectivity index (χ0v) is 20.6. The summed E-state index contributed by atoms with van der Waals surface area (Å²) in [7, 11) is 0. The number of thioether (sulfide) groups is 1. The summed E-state index contributed by atoms with van der Waals surface area (Å²) in [5.74, 6) is 2.31. The number of rotatable bonds is 5. The molecular weight excluding hydrogens is 450 g/mol. The van der Waals surface area contributed by atoms with Crippen LogP contribution in [-0.2, 0) is 10.2 Å². The van der Waals surface area contributed by atoms with Crippen LogP contribution in [0.25, 0.3) is 11.5 Å². The molecule has 0 saturated carbocycles. The molecule has 1 saturated heterocycles. The molecule has 5 rings (SSSR count). The van der Waals surface area contributed by atoms with Gasteiger partial charge in [0.25, 0.3) is 5.22 Å². The maximum atomic E-state index is 13.1. The number of nitrogens with zero attached hydrogens (tertiary/aromatic N) is 3. The number of amides is 1. The molecule has 2 aromatic carbocycles. The predicted molar refractivity (Wildman–Crippen MR) is 130 cm³/mol. The Morgan fingerprint density at radius 1 is 1.06 bits per heavy atom. The van der Waals surface area contributed by atoms with Gasteiger partial charge in [0.2, 0.25) is 11.8 Å². The average Bonchev–Trinajstić information content (AvgIpc) is 3.52. The summed E-state index contributed by atoms with van der Waals surface area (Å²) in [6, 6.07) is 14.2. The van der Waals surface area contributed by atoms with Gasteiger partial charge in [-0.3, -0.25) is 4.79 Å². The van der Waals surface area contributed by atoms with Gasteiger partial charge in [-0.2, -0.15) is 0 Å². The lowest BCUT2D eigenvalue weighted by atomic mass is 9.87. The summed E-state index contributed by atoms with van der Waals surface area (Å²) < 4.78 is 17.2. The molecule has 1 aromatic heterocycles. The van der Waals surface area contributed by atoms with E-state index in [1.807, 2.05) is 35.2 Å². The summed E-state index contributed by atoms with van der Waals surface area (Å²) in [5.41, 5.74) is 3.28. The number of hydrogen-bond donors (Lipinski definition) is 0. The number of hydrogen-bond acceptors (Lipinski definition) is 7. The standard InChI is InChI=1S/C26H29N3O4S/c1-26(2,3)19-9-6-17(7-10-19)24-27-28-25(33-24)34-16-23(30)29-12-4-5-20(29)18-8-11-21-22(15-18)32-14-13-31-21/h6-11,15,20H,4-5,12-14,16H2,1-3H3. The lowest BCUT2D eigenvalue weighted by Gasteiger charge is -2.26. The second-order valence-electron chi connectivity index (χ2n) is 9.64. The maximum Gasteiger partial charge on any atom is 0.277 e. The molecule has 2 aliphatic rings. The summed E-state index contributed by atoms with van der Waals surface area (Å²) in [6.07, 6.45) is 1.91. The molecule has 178 valence electrons. The molecule has 3 heterocycles. The Bertz CT molecular complexity index is 1170. The molecule has 0 radical (unpaired) electrons. The predicted octanol–water partition coefficient (Wildman–Crippen LogP) is 5.26. The first-order chi connectivity index (χ1) is 16.4. The van der Waals surface area contributed by atoms with E-state index in [0.29, 0.717) is 24.3 Å². The van der Waals surface area contributed by atoms with Gasteiger partial charge in [0.1, 0.15) is 13.2 Å². The molecule has 1 amide bonds. The van der Waals surface area contributed by atoms with Crippen LogP contribution in [0.1, 0.15) is 50.8 Å². The third-order valence-electron chi connectivity index (χ3n) is 6.25. The largest absolute Gasteiger partial charge is 0.486 e. The van der Waals surface area contributed by atoms with E-state index in [1.54, 1.807) is 0 Å². The first-order valence-electron chi connectivity index (χ1n) is 11.6. The average molecular weight is 480 g/mol. The molecular formula is C26H29N3O4S. The van der Waals surface area contributed by atoms with Crippen LogP contribution in [0.4, 0.5) is 0 Å². The van der Waals surface area contributed by atoms with Crippen molar-refractivity contribution in [1.82, 2.24) is 15.1 Å². The molecule has 2 aliphatic heterocycles. The summed E-state index contributed by atoms with van der Waals surface area (Å²) in [6.45, 7) is 8.40. The van der Waals surface area contributed by atoms with Gasteiger partial charge in [-0.25, -0.2) is 0 Å². The summed E-state index contributed by atoms with van der Waals surface area (Å²) in [4.78, 5) is 15.0. The normalized spacial score (nSPS) is 17.7. The minimum Gasteiger partial charge on any atom is -0.486 e. The monoisotopic (exact) mass is 479 g/mol. The van der Waals surface area contributed by atoms with Crippen molar-refractivity contribution in [1.29, 1.82) is 0 Å². The van der Waals surface area contributed by atoms with Gasteiger partial charge in [0.15, 0.2) is 11.5 Å². The molecule has 0 aliphatic carbocycles. The zero-order chi connectivity index (χ0) is 23.7. The molecule has 3 aromatic rings. The third kappa shape index (κ3) is 4.78. The smallest absolute Gasteiger partial charge is 0.277 e. The van der Waals surface area contributed by atoms with Crippen LogP contribution in [0.5, 0.6) is 11.5 Å². The number of ether oxygens (including phenoxy) is 2. The van der Waals surface area contributed by atoms with Crippen molar-refractivity contribution in [3.05, 3.63) is 53.6 Å². The van der Waals surface area contributed by atoms with Crippen LogP contribution in [0.3, 0.4) is 0 Å². The SMILES string of the molecule is CC(C)(C)c1ccc(-c2nnc(SCC(=O)N3CCCC3c3ccc4c(c3)OCCO4)o2)cc1. The van der Waals surface area contributed by atoms with E-state index in [9.17, 15) is 4.79 Å². The highest BCUT2D eigenvalue weighted by Crippen LogP contribution is 2.38. The van der Waals surface area contributed by atoms with Crippen molar-refractivity contribution in [3.63, 3.8) is 0 Å². The lowest BCUT2D eigenvalue weighted by Crippen LogP contribution is -2.32. The van der Waals surface area contributed by atoms with Crippen LogP contribution in [-0.4, -0.2) is 46.5 Å². The highest BCUT2D eigenvalue weighted by atomic mass is 32.2. The van der Waals surface area contributed by atoms with Gasteiger partial charge in [0, 0.05) is 12.1 Å². The molecule has 0 N–H and O–H groups in total. The van der Waals surface area contributed by atoms with E-state index in [1.165, 1.54) is 17.3 Å². The van der Waals surface area contributed by atoms with E-state index in [-0.39, 0.29) is 23.1 Å². The first kappa shape index (κ1) is 22.8.